The first-order chi connectivity index (χ1) is 8.99. The van der Waals surface area contributed by atoms with Crippen LogP contribution in [0, 0.1) is 11.8 Å². The topological polar surface area (TPSA) is 81.2 Å². The van der Waals surface area contributed by atoms with Crippen LogP contribution in [0.15, 0.2) is 23.3 Å². The van der Waals surface area contributed by atoms with Crippen LogP contribution in [0.5, 0.6) is 0 Å². The number of rotatable bonds is 3. The van der Waals surface area contributed by atoms with Crippen molar-refractivity contribution in [1.82, 2.24) is 14.5 Å². The minimum Gasteiger partial charge on any atom is -0.339 e. The van der Waals surface area contributed by atoms with Gasteiger partial charge in [-0.3, -0.25) is 9.36 Å². The van der Waals surface area contributed by atoms with Gasteiger partial charge in [0.1, 0.15) is 6.54 Å². The van der Waals surface area contributed by atoms with Crippen molar-refractivity contribution in [3.63, 3.8) is 0 Å². The van der Waals surface area contributed by atoms with E-state index in [1.165, 1.54) is 10.8 Å². The van der Waals surface area contributed by atoms with Crippen molar-refractivity contribution in [1.29, 1.82) is 0 Å². The number of aromatic nitrogens is 2. The van der Waals surface area contributed by atoms with Gasteiger partial charge in [0.2, 0.25) is 5.91 Å². The van der Waals surface area contributed by atoms with Crippen molar-refractivity contribution in [3.8, 4) is 0 Å². The maximum absolute atomic E-state index is 12.2. The molecular formula is C13H21ClN4O2. The predicted octanol–water partition coefficient (Wildman–Crippen LogP) is 0.107. The van der Waals surface area contributed by atoms with Gasteiger partial charge in [0.05, 0.1) is 0 Å². The SMILES string of the molecule is CC(C)[C@H]1CN(C(=O)Cn2cccnc2=O)C[C@@H]1N.Cl. The molecule has 0 aromatic carbocycles. The number of halogens is 1. The monoisotopic (exact) mass is 300 g/mol. The second-order valence-corrected chi connectivity index (χ2v) is 5.40. The summed E-state index contributed by atoms with van der Waals surface area (Å²) >= 11 is 0. The van der Waals surface area contributed by atoms with E-state index >= 15 is 0 Å². The molecule has 6 nitrogen and oxygen atoms in total. The molecule has 2 N–H and O–H groups in total. The first-order valence-electron chi connectivity index (χ1n) is 6.54. The van der Waals surface area contributed by atoms with E-state index in [0.717, 1.165) is 0 Å². The van der Waals surface area contributed by atoms with Crippen LogP contribution in [-0.4, -0.2) is 39.5 Å². The summed E-state index contributed by atoms with van der Waals surface area (Å²) in [5.41, 5.74) is 5.65. The molecule has 112 valence electrons. The van der Waals surface area contributed by atoms with Crippen molar-refractivity contribution in [2.75, 3.05) is 13.1 Å². The fourth-order valence-corrected chi connectivity index (χ4v) is 2.52. The van der Waals surface area contributed by atoms with Crippen LogP contribution in [0.25, 0.3) is 0 Å². The molecule has 1 fully saturated rings. The third kappa shape index (κ3) is 3.58. The van der Waals surface area contributed by atoms with Crippen LogP contribution in [0.2, 0.25) is 0 Å². The third-order valence-corrected chi connectivity index (χ3v) is 3.71. The van der Waals surface area contributed by atoms with Gasteiger partial charge in [0.15, 0.2) is 0 Å². The van der Waals surface area contributed by atoms with Gasteiger partial charge >= 0.3 is 5.69 Å². The van der Waals surface area contributed by atoms with Gasteiger partial charge in [-0.1, -0.05) is 13.8 Å². The fraction of sp³-hybridized carbons (Fsp3) is 0.615. The van der Waals surface area contributed by atoms with Crippen molar-refractivity contribution in [2.45, 2.75) is 26.4 Å². The van der Waals surface area contributed by atoms with Gasteiger partial charge in [0, 0.05) is 31.5 Å². The van der Waals surface area contributed by atoms with E-state index in [1.807, 2.05) is 0 Å². The zero-order valence-electron chi connectivity index (χ0n) is 11.7. The van der Waals surface area contributed by atoms with Crippen molar-refractivity contribution in [3.05, 3.63) is 28.9 Å². The van der Waals surface area contributed by atoms with Crippen LogP contribution < -0.4 is 11.4 Å². The average Bonchev–Trinajstić information content (AvgIpc) is 2.74. The molecule has 0 spiro atoms. The largest absolute Gasteiger partial charge is 0.347 e. The summed E-state index contributed by atoms with van der Waals surface area (Å²) in [6, 6.07) is 1.66. The average molecular weight is 301 g/mol. The Balaban J connectivity index is 0.00000200. The zero-order chi connectivity index (χ0) is 14.0. The Morgan fingerprint density at radius 2 is 2.20 bits per heavy atom. The van der Waals surface area contributed by atoms with E-state index in [1.54, 1.807) is 17.2 Å². The highest BCUT2D eigenvalue weighted by Gasteiger charge is 2.34. The number of carbonyl (C=O) groups is 1. The Labute approximate surface area is 124 Å². The van der Waals surface area contributed by atoms with Gasteiger partial charge < -0.3 is 10.6 Å². The highest BCUT2D eigenvalue weighted by molar-refractivity contribution is 5.85. The van der Waals surface area contributed by atoms with Gasteiger partial charge in [-0.15, -0.1) is 12.4 Å². The third-order valence-electron chi connectivity index (χ3n) is 3.71. The Morgan fingerprint density at radius 3 is 2.75 bits per heavy atom. The van der Waals surface area contributed by atoms with E-state index < -0.39 is 5.69 Å². The molecule has 2 rings (SSSR count). The van der Waals surface area contributed by atoms with Crippen LogP contribution in [0.1, 0.15) is 13.8 Å². The van der Waals surface area contributed by atoms with E-state index in [4.69, 9.17) is 5.73 Å². The second kappa shape index (κ2) is 6.85. The number of amides is 1. The molecule has 1 amide bonds. The van der Waals surface area contributed by atoms with Crippen LogP contribution >= 0.6 is 12.4 Å². The van der Waals surface area contributed by atoms with E-state index in [2.05, 4.69) is 18.8 Å². The summed E-state index contributed by atoms with van der Waals surface area (Å²) in [5.74, 6) is 0.706. The maximum Gasteiger partial charge on any atom is 0.347 e. The molecule has 0 radical (unpaired) electrons. The number of nitrogens with two attached hydrogens (primary N) is 1. The number of hydrogen-bond acceptors (Lipinski definition) is 4. The highest BCUT2D eigenvalue weighted by atomic mass is 35.5. The van der Waals surface area contributed by atoms with Gasteiger partial charge in [-0.25, -0.2) is 9.78 Å². The Bertz CT molecular complexity index is 517. The molecule has 1 aromatic rings. The molecule has 0 bridgehead atoms. The van der Waals surface area contributed by atoms with E-state index in [-0.39, 0.29) is 30.9 Å². The molecule has 1 saturated heterocycles. The van der Waals surface area contributed by atoms with E-state index in [9.17, 15) is 9.59 Å². The van der Waals surface area contributed by atoms with Crippen molar-refractivity contribution in [2.24, 2.45) is 17.6 Å². The van der Waals surface area contributed by atoms with Crippen LogP contribution in [-0.2, 0) is 11.3 Å². The molecule has 1 aromatic heterocycles. The lowest BCUT2D eigenvalue weighted by atomic mass is 9.92. The zero-order valence-corrected chi connectivity index (χ0v) is 12.5. The number of carbonyl (C=O) groups excluding carboxylic acids is 1. The predicted molar refractivity (Wildman–Crippen MR) is 78.6 cm³/mol. The minimum absolute atomic E-state index is 0. The summed E-state index contributed by atoms with van der Waals surface area (Å²) in [6.45, 7) is 5.50. The van der Waals surface area contributed by atoms with Gasteiger partial charge in [0.25, 0.3) is 0 Å². The molecule has 1 aliphatic rings. The molecule has 0 aliphatic carbocycles. The normalized spacial score (nSPS) is 21.9. The minimum atomic E-state index is -0.403. The van der Waals surface area contributed by atoms with Gasteiger partial charge in [-0.05, 0) is 17.9 Å². The van der Waals surface area contributed by atoms with Crippen LogP contribution in [0.3, 0.4) is 0 Å². The smallest absolute Gasteiger partial charge is 0.339 e. The Hall–Kier alpha value is -1.40. The standard InChI is InChI=1S/C13H20N4O2.ClH/c1-9(2)10-6-17(7-11(10)14)12(18)8-16-5-3-4-15-13(16)19;/h3-5,9-11H,6-8,14H2,1-2H3;1H/t10-,11+;/m1./s1. The first-order valence-corrected chi connectivity index (χ1v) is 6.54. The lowest BCUT2D eigenvalue weighted by molar-refractivity contribution is -0.131. The molecule has 2 atom stereocenters. The molecule has 0 unspecified atom stereocenters. The summed E-state index contributed by atoms with van der Waals surface area (Å²) in [6.07, 6.45) is 2.99. The van der Waals surface area contributed by atoms with Crippen molar-refractivity contribution < 1.29 is 4.79 Å². The Kier molecular flexibility index (Phi) is 5.71. The molecule has 20 heavy (non-hydrogen) atoms. The number of nitrogens with zero attached hydrogens (tertiary/aromatic N) is 3. The summed E-state index contributed by atoms with van der Waals surface area (Å²) in [7, 11) is 0. The lowest BCUT2D eigenvalue weighted by Gasteiger charge is -2.18. The maximum atomic E-state index is 12.2. The summed E-state index contributed by atoms with van der Waals surface area (Å²) < 4.78 is 1.32. The van der Waals surface area contributed by atoms with Crippen LogP contribution in [0.4, 0.5) is 0 Å². The first kappa shape index (κ1) is 16.7. The highest BCUT2D eigenvalue weighted by Crippen LogP contribution is 2.23. The van der Waals surface area contributed by atoms with E-state index in [0.29, 0.717) is 24.9 Å². The summed E-state index contributed by atoms with van der Waals surface area (Å²) in [4.78, 5) is 29.0. The fourth-order valence-electron chi connectivity index (χ4n) is 2.52. The summed E-state index contributed by atoms with van der Waals surface area (Å²) in [5, 5.41) is 0. The molecular weight excluding hydrogens is 280 g/mol. The number of likely N-dealkylation sites (tertiary alicyclic amines) is 1. The molecule has 0 saturated carbocycles. The molecule has 7 heteroatoms. The van der Waals surface area contributed by atoms with Crippen molar-refractivity contribution >= 4 is 18.3 Å². The molecule has 1 aliphatic heterocycles. The quantitative estimate of drug-likeness (QED) is 0.859. The number of hydrogen-bond donors (Lipinski definition) is 1. The van der Waals surface area contributed by atoms with Gasteiger partial charge in [-0.2, -0.15) is 0 Å². The second-order valence-electron chi connectivity index (χ2n) is 5.40. The molecule has 2 heterocycles. The lowest BCUT2D eigenvalue weighted by Crippen LogP contribution is -2.36. The Morgan fingerprint density at radius 1 is 1.50 bits per heavy atom.